The fourth-order valence-electron chi connectivity index (χ4n) is 4.40. The summed E-state index contributed by atoms with van der Waals surface area (Å²) in [4.78, 5) is 5.02. The molecular weight excluding hydrogens is 497 g/mol. The first-order valence-corrected chi connectivity index (χ1v) is 15.7. The average molecular weight is 539 g/mol. The monoisotopic (exact) mass is 538 g/mol. The van der Waals surface area contributed by atoms with Gasteiger partial charge < -0.3 is 23.6 Å². The lowest BCUT2D eigenvalue weighted by Crippen LogP contribution is -2.41. The van der Waals surface area contributed by atoms with Crippen LogP contribution in [0.5, 0.6) is 5.75 Å². The summed E-state index contributed by atoms with van der Waals surface area (Å²) in [5.74, 6) is 1.37. The van der Waals surface area contributed by atoms with Gasteiger partial charge in [-0.1, -0.05) is 26.8 Å². The van der Waals surface area contributed by atoms with Crippen LogP contribution in [-0.4, -0.2) is 60.4 Å². The van der Waals surface area contributed by atoms with Crippen LogP contribution in [0.25, 0.3) is 16.7 Å². The first-order chi connectivity index (χ1) is 17.7. The van der Waals surface area contributed by atoms with Crippen molar-refractivity contribution in [3.63, 3.8) is 0 Å². The molecule has 8 nitrogen and oxygen atoms in total. The minimum atomic E-state index is -0.938. The van der Waals surface area contributed by atoms with Crippen molar-refractivity contribution in [3.05, 3.63) is 42.2 Å². The van der Waals surface area contributed by atoms with Crippen LogP contribution in [0.1, 0.15) is 66.7 Å². The molecule has 10 heteroatoms. The van der Waals surface area contributed by atoms with Gasteiger partial charge in [0.15, 0.2) is 5.82 Å². The molecule has 1 aliphatic rings. The van der Waals surface area contributed by atoms with E-state index in [9.17, 15) is 5.11 Å². The third-order valence-corrected chi connectivity index (χ3v) is 7.85. The predicted octanol–water partition coefficient (Wildman–Crippen LogP) is 4.84. The van der Waals surface area contributed by atoms with Crippen molar-refractivity contribution >= 4 is 32.5 Å². The van der Waals surface area contributed by atoms with Gasteiger partial charge >= 0.3 is 7.12 Å². The van der Waals surface area contributed by atoms with Gasteiger partial charge in [0.2, 0.25) is 9.04 Å². The van der Waals surface area contributed by atoms with Crippen LogP contribution in [-0.2, 0) is 13.7 Å². The Balaban J connectivity index is 1.81. The molecule has 0 bridgehead atoms. The number of hydrogen-bond donors (Lipinski definition) is 1. The summed E-state index contributed by atoms with van der Waals surface area (Å²) in [6.45, 7) is 19.4. The second kappa shape index (κ2) is 10.7. The molecule has 1 fully saturated rings. The Hall–Kier alpha value is -2.24. The molecule has 0 amide bonds. The summed E-state index contributed by atoms with van der Waals surface area (Å²) in [7, 11) is -1.49. The second-order valence-electron chi connectivity index (χ2n) is 12.2. The maximum Gasteiger partial charge on any atom is 0.495 e. The molecule has 0 saturated carbocycles. The molecule has 205 valence electrons. The molecule has 1 radical (unpaired) electrons. The first-order valence-electron chi connectivity index (χ1n) is 13.3. The molecule has 1 aromatic carbocycles. The summed E-state index contributed by atoms with van der Waals surface area (Å²) in [6, 6.07) is 9.96. The fraction of sp³-hybridized carbons (Fsp3) is 0.571. The van der Waals surface area contributed by atoms with Gasteiger partial charge in [-0.2, -0.15) is 5.10 Å². The van der Waals surface area contributed by atoms with E-state index in [1.165, 1.54) is 0 Å². The Morgan fingerprint density at radius 2 is 1.79 bits per heavy atom. The van der Waals surface area contributed by atoms with Crippen molar-refractivity contribution < 1.29 is 23.6 Å². The molecule has 0 spiro atoms. The van der Waals surface area contributed by atoms with Crippen molar-refractivity contribution in [1.29, 1.82) is 0 Å². The molecule has 38 heavy (non-hydrogen) atoms. The third kappa shape index (κ3) is 5.84. The van der Waals surface area contributed by atoms with E-state index in [1.807, 2.05) is 62.7 Å². The number of aliphatic hydroxyl groups is 1. The van der Waals surface area contributed by atoms with Crippen LogP contribution < -0.4 is 10.2 Å². The highest BCUT2D eigenvalue weighted by atomic mass is 28.3. The normalized spacial score (nSPS) is 17.9. The van der Waals surface area contributed by atoms with E-state index in [4.69, 9.17) is 28.6 Å². The van der Waals surface area contributed by atoms with E-state index in [2.05, 4.69) is 33.9 Å². The minimum Gasteiger partial charge on any atom is -0.493 e. The number of hydrogen-bond acceptors (Lipinski definition) is 7. The van der Waals surface area contributed by atoms with E-state index in [0.717, 1.165) is 22.1 Å². The molecule has 1 unspecified atom stereocenters. The van der Waals surface area contributed by atoms with Crippen molar-refractivity contribution in [3.8, 4) is 11.6 Å². The summed E-state index contributed by atoms with van der Waals surface area (Å²) in [6.07, 6.45) is 2.20. The lowest BCUT2D eigenvalue weighted by atomic mass is 9.78. The number of nitrogens with zero attached hydrogens (tertiary/aromatic N) is 3. The smallest absolute Gasteiger partial charge is 0.493 e. The molecule has 4 rings (SSSR count). The highest BCUT2D eigenvalue weighted by Crippen LogP contribution is 2.38. The van der Waals surface area contributed by atoms with Crippen LogP contribution in [0.2, 0.25) is 13.1 Å². The highest BCUT2D eigenvalue weighted by Gasteiger charge is 2.52. The second-order valence-corrected chi connectivity index (χ2v) is 14.3. The molecule has 1 atom stereocenters. The van der Waals surface area contributed by atoms with E-state index in [-0.39, 0.29) is 18.1 Å². The van der Waals surface area contributed by atoms with Gasteiger partial charge in [0, 0.05) is 13.0 Å². The van der Waals surface area contributed by atoms with Gasteiger partial charge in [-0.05, 0) is 75.9 Å². The zero-order valence-corrected chi connectivity index (χ0v) is 25.2. The van der Waals surface area contributed by atoms with Crippen molar-refractivity contribution in [2.24, 2.45) is 5.41 Å². The van der Waals surface area contributed by atoms with Crippen molar-refractivity contribution in [2.45, 2.75) is 85.3 Å². The van der Waals surface area contributed by atoms with Gasteiger partial charge in [-0.25, -0.2) is 9.67 Å². The molecule has 1 saturated heterocycles. The number of aromatic nitrogens is 3. The Bertz CT molecular complexity index is 1260. The minimum absolute atomic E-state index is 0.0610. The molecule has 3 heterocycles. The maximum atomic E-state index is 9.28. The Morgan fingerprint density at radius 1 is 1.11 bits per heavy atom. The summed E-state index contributed by atoms with van der Waals surface area (Å²) >= 11 is 0. The van der Waals surface area contributed by atoms with Gasteiger partial charge in [-0.15, -0.1) is 0 Å². The molecule has 3 aromatic rings. The molecule has 1 N–H and O–H groups in total. The molecular formula is C28H41BN3O5Si. The van der Waals surface area contributed by atoms with Crippen LogP contribution in [0, 0.1) is 5.41 Å². The number of pyridine rings is 1. The molecule has 1 aliphatic heterocycles. The lowest BCUT2D eigenvalue weighted by Gasteiger charge is -2.32. The quantitative estimate of drug-likeness (QED) is 0.308. The van der Waals surface area contributed by atoms with Crippen molar-refractivity contribution in [1.82, 2.24) is 14.8 Å². The van der Waals surface area contributed by atoms with Gasteiger partial charge in [-0.3, -0.25) is 0 Å². The maximum absolute atomic E-state index is 9.28. The summed E-state index contributed by atoms with van der Waals surface area (Å²) in [5, 5.41) is 14.8. The summed E-state index contributed by atoms with van der Waals surface area (Å²) in [5.41, 5.74) is 1.50. The number of fused-ring (bicyclic) bond motifs is 1. The number of ether oxygens (including phenoxy) is 1. The van der Waals surface area contributed by atoms with E-state index < -0.39 is 27.4 Å². The predicted molar refractivity (Wildman–Crippen MR) is 153 cm³/mol. The standard InChI is InChI=1S/C28H41BN3O5Si/c1-26(2,3)25(35-38(8)9)21-12-10-13-24(31-21)32-22-16-19(29-36-27(4,5)28(6,7)37-29)17-23(20(22)18-30-32)34-15-11-14-33/h10,12-13,16-18,25,33H,11,14-15H2,1-9H3. The van der Waals surface area contributed by atoms with Gasteiger partial charge in [0.25, 0.3) is 0 Å². The lowest BCUT2D eigenvalue weighted by molar-refractivity contribution is 0.00578. The van der Waals surface area contributed by atoms with Crippen LogP contribution in [0.3, 0.4) is 0 Å². The molecule has 0 aliphatic carbocycles. The molecule has 2 aromatic heterocycles. The topological polar surface area (TPSA) is 87.9 Å². The Labute approximate surface area is 228 Å². The number of rotatable bonds is 9. The van der Waals surface area contributed by atoms with E-state index in [1.54, 1.807) is 6.20 Å². The van der Waals surface area contributed by atoms with Gasteiger partial charge in [0.1, 0.15) is 5.75 Å². The zero-order chi connectivity index (χ0) is 27.9. The number of benzene rings is 1. The van der Waals surface area contributed by atoms with Crippen LogP contribution in [0.4, 0.5) is 0 Å². The van der Waals surface area contributed by atoms with Crippen LogP contribution >= 0.6 is 0 Å². The summed E-state index contributed by atoms with van der Waals surface area (Å²) < 4.78 is 27.0. The highest BCUT2D eigenvalue weighted by molar-refractivity contribution is 6.62. The Morgan fingerprint density at radius 3 is 2.39 bits per heavy atom. The van der Waals surface area contributed by atoms with Crippen molar-refractivity contribution in [2.75, 3.05) is 13.2 Å². The zero-order valence-electron chi connectivity index (χ0n) is 24.2. The Kier molecular flexibility index (Phi) is 8.12. The SMILES string of the molecule is C[Si](C)OC(c1cccc(-n2ncc3c(OCCCO)cc(B4OC(C)(C)C(C)(C)O4)cc32)n1)C(C)(C)C. The largest absolute Gasteiger partial charge is 0.495 e. The third-order valence-electron chi connectivity index (χ3n) is 7.14. The van der Waals surface area contributed by atoms with Crippen LogP contribution in [0.15, 0.2) is 36.5 Å². The first kappa shape index (κ1) is 28.8. The fourth-order valence-corrected chi connectivity index (χ4v) is 5.34. The average Bonchev–Trinajstić information content (AvgIpc) is 3.34. The van der Waals surface area contributed by atoms with E-state index >= 15 is 0 Å². The number of aliphatic hydroxyl groups excluding tert-OH is 1. The van der Waals surface area contributed by atoms with E-state index in [0.29, 0.717) is 24.6 Å². The van der Waals surface area contributed by atoms with Gasteiger partial charge in [0.05, 0.1) is 46.7 Å².